The standard InChI is InChI=1S/C16H19N/c1-13-8-10-14(11-9-13)4-2-5-15-6-3-7-16(17)12-15/h3,6-12H,2,4-5,17H2,1H3. The number of hydrogen-bond donors (Lipinski definition) is 1. The predicted molar refractivity (Wildman–Crippen MR) is 74.1 cm³/mol. The Kier molecular flexibility index (Phi) is 3.81. The van der Waals surface area contributed by atoms with Gasteiger partial charge in [-0.1, -0.05) is 42.0 Å². The number of nitrogen functional groups attached to an aromatic ring is 1. The Hall–Kier alpha value is -1.76. The highest BCUT2D eigenvalue weighted by atomic mass is 14.5. The Morgan fingerprint density at radius 3 is 2.29 bits per heavy atom. The maximum absolute atomic E-state index is 5.76. The van der Waals surface area contributed by atoms with Crippen molar-refractivity contribution in [3.05, 3.63) is 65.2 Å². The molecule has 0 bridgehead atoms. The normalized spacial score (nSPS) is 10.4. The maximum Gasteiger partial charge on any atom is 0.0316 e. The molecule has 88 valence electrons. The zero-order valence-electron chi connectivity index (χ0n) is 10.3. The largest absolute Gasteiger partial charge is 0.399 e. The Morgan fingerprint density at radius 2 is 1.59 bits per heavy atom. The lowest BCUT2D eigenvalue weighted by molar-refractivity contribution is 0.821. The first-order valence-corrected chi connectivity index (χ1v) is 6.14. The summed E-state index contributed by atoms with van der Waals surface area (Å²) in [6, 6.07) is 17.0. The van der Waals surface area contributed by atoms with Crippen molar-refractivity contribution in [3.8, 4) is 0 Å². The van der Waals surface area contributed by atoms with Gasteiger partial charge in [0.25, 0.3) is 0 Å². The van der Waals surface area contributed by atoms with Crippen LogP contribution < -0.4 is 5.73 Å². The van der Waals surface area contributed by atoms with Crippen LogP contribution in [-0.4, -0.2) is 0 Å². The van der Waals surface area contributed by atoms with Gasteiger partial charge in [-0.25, -0.2) is 0 Å². The summed E-state index contributed by atoms with van der Waals surface area (Å²) in [5.74, 6) is 0. The molecule has 0 aliphatic rings. The zero-order valence-corrected chi connectivity index (χ0v) is 10.3. The number of nitrogens with two attached hydrogens (primary N) is 1. The third-order valence-corrected chi connectivity index (χ3v) is 3.00. The van der Waals surface area contributed by atoms with Crippen molar-refractivity contribution < 1.29 is 0 Å². The van der Waals surface area contributed by atoms with Crippen LogP contribution in [0.15, 0.2) is 48.5 Å². The van der Waals surface area contributed by atoms with Gasteiger partial charge in [-0.05, 0) is 49.4 Å². The molecule has 0 aliphatic carbocycles. The second-order valence-corrected chi connectivity index (χ2v) is 4.58. The first-order valence-electron chi connectivity index (χ1n) is 6.14. The summed E-state index contributed by atoms with van der Waals surface area (Å²) in [7, 11) is 0. The van der Waals surface area contributed by atoms with Gasteiger partial charge in [0.15, 0.2) is 0 Å². The molecular formula is C16H19N. The molecule has 0 radical (unpaired) electrons. The highest BCUT2D eigenvalue weighted by Crippen LogP contribution is 2.11. The minimum atomic E-state index is 0.859. The average molecular weight is 225 g/mol. The van der Waals surface area contributed by atoms with Crippen molar-refractivity contribution >= 4 is 5.69 Å². The lowest BCUT2D eigenvalue weighted by atomic mass is 10.0. The number of hydrogen-bond acceptors (Lipinski definition) is 1. The summed E-state index contributed by atoms with van der Waals surface area (Å²) < 4.78 is 0. The molecule has 0 heterocycles. The zero-order chi connectivity index (χ0) is 12.1. The van der Waals surface area contributed by atoms with Crippen molar-refractivity contribution in [1.82, 2.24) is 0 Å². The third kappa shape index (κ3) is 3.63. The smallest absolute Gasteiger partial charge is 0.0316 e. The van der Waals surface area contributed by atoms with Crippen LogP contribution in [0.4, 0.5) is 5.69 Å². The first-order chi connectivity index (χ1) is 8.24. The van der Waals surface area contributed by atoms with E-state index in [4.69, 9.17) is 5.73 Å². The van der Waals surface area contributed by atoms with Gasteiger partial charge in [0, 0.05) is 5.69 Å². The van der Waals surface area contributed by atoms with Crippen LogP contribution in [0.2, 0.25) is 0 Å². The van der Waals surface area contributed by atoms with Gasteiger partial charge in [-0.3, -0.25) is 0 Å². The van der Waals surface area contributed by atoms with Crippen LogP contribution in [0.1, 0.15) is 23.1 Å². The lowest BCUT2D eigenvalue weighted by Crippen LogP contribution is -1.92. The number of aryl methyl sites for hydroxylation is 3. The van der Waals surface area contributed by atoms with E-state index in [1.54, 1.807) is 0 Å². The van der Waals surface area contributed by atoms with E-state index in [-0.39, 0.29) is 0 Å². The SMILES string of the molecule is Cc1ccc(CCCc2cccc(N)c2)cc1. The van der Waals surface area contributed by atoms with E-state index in [0.717, 1.165) is 18.5 Å². The second kappa shape index (κ2) is 5.53. The third-order valence-electron chi connectivity index (χ3n) is 3.00. The summed E-state index contributed by atoms with van der Waals surface area (Å²) >= 11 is 0. The molecule has 0 saturated heterocycles. The fraction of sp³-hybridized carbons (Fsp3) is 0.250. The maximum atomic E-state index is 5.76. The first kappa shape index (κ1) is 11.7. The minimum Gasteiger partial charge on any atom is -0.399 e. The molecule has 17 heavy (non-hydrogen) atoms. The van der Waals surface area contributed by atoms with Crippen molar-refractivity contribution in [3.63, 3.8) is 0 Å². The Labute approximate surface area is 103 Å². The molecule has 0 atom stereocenters. The van der Waals surface area contributed by atoms with Crippen LogP contribution in [-0.2, 0) is 12.8 Å². The number of anilines is 1. The predicted octanol–water partition coefficient (Wildman–Crippen LogP) is 3.75. The molecular weight excluding hydrogens is 206 g/mol. The van der Waals surface area contributed by atoms with Gasteiger partial charge in [-0.15, -0.1) is 0 Å². The van der Waals surface area contributed by atoms with E-state index in [9.17, 15) is 0 Å². The van der Waals surface area contributed by atoms with Crippen molar-refractivity contribution in [1.29, 1.82) is 0 Å². The lowest BCUT2D eigenvalue weighted by Gasteiger charge is -2.04. The van der Waals surface area contributed by atoms with Gasteiger partial charge in [-0.2, -0.15) is 0 Å². The molecule has 0 fully saturated rings. The van der Waals surface area contributed by atoms with E-state index in [1.807, 2.05) is 12.1 Å². The van der Waals surface area contributed by atoms with Crippen LogP contribution in [0.3, 0.4) is 0 Å². The highest BCUT2D eigenvalue weighted by Gasteiger charge is 1.96. The van der Waals surface area contributed by atoms with E-state index in [0.29, 0.717) is 0 Å². The number of benzene rings is 2. The summed E-state index contributed by atoms with van der Waals surface area (Å²) in [6.45, 7) is 2.12. The van der Waals surface area contributed by atoms with Crippen molar-refractivity contribution in [2.75, 3.05) is 5.73 Å². The fourth-order valence-electron chi connectivity index (χ4n) is 2.00. The van der Waals surface area contributed by atoms with E-state index in [2.05, 4.69) is 43.3 Å². The average Bonchev–Trinajstić information content (AvgIpc) is 2.32. The molecule has 0 amide bonds. The fourth-order valence-corrected chi connectivity index (χ4v) is 2.00. The summed E-state index contributed by atoms with van der Waals surface area (Å²) in [4.78, 5) is 0. The van der Waals surface area contributed by atoms with Gasteiger partial charge in [0.2, 0.25) is 0 Å². The topological polar surface area (TPSA) is 26.0 Å². The molecule has 0 aliphatic heterocycles. The quantitative estimate of drug-likeness (QED) is 0.788. The van der Waals surface area contributed by atoms with E-state index < -0.39 is 0 Å². The molecule has 0 spiro atoms. The summed E-state index contributed by atoms with van der Waals surface area (Å²) in [5, 5.41) is 0. The number of rotatable bonds is 4. The molecule has 1 nitrogen and oxygen atoms in total. The minimum absolute atomic E-state index is 0.859. The second-order valence-electron chi connectivity index (χ2n) is 4.58. The molecule has 2 aromatic rings. The summed E-state index contributed by atoms with van der Waals surface area (Å²) in [6.07, 6.45) is 3.40. The van der Waals surface area contributed by atoms with Crippen LogP contribution in [0.25, 0.3) is 0 Å². The van der Waals surface area contributed by atoms with Gasteiger partial charge in [0.1, 0.15) is 0 Å². The monoisotopic (exact) mass is 225 g/mol. The Morgan fingerprint density at radius 1 is 0.882 bits per heavy atom. The molecule has 0 aromatic heterocycles. The highest BCUT2D eigenvalue weighted by molar-refractivity contribution is 5.40. The van der Waals surface area contributed by atoms with Crippen molar-refractivity contribution in [2.24, 2.45) is 0 Å². The molecule has 2 rings (SSSR count). The van der Waals surface area contributed by atoms with Gasteiger partial charge >= 0.3 is 0 Å². The van der Waals surface area contributed by atoms with Crippen LogP contribution in [0.5, 0.6) is 0 Å². The molecule has 0 saturated carbocycles. The van der Waals surface area contributed by atoms with E-state index in [1.165, 1.54) is 23.1 Å². The molecule has 2 N–H and O–H groups in total. The van der Waals surface area contributed by atoms with Crippen molar-refractivity contribution in [2.45, 2.75) is 26.2 Å². The Bertz CT molecular complexity index is 471. The Balaban J connectivity index is 1.85. The molecule has 1 heteroatoms. The summed E-state index contributed by atoms with van der Waals surface area (Å²) in [5.41, 5.74) is 10.7. The van der Waals surface area contributed by atoms with Crippen LogP contribution >= 0.6 is 0 Å². The molecule has 2 aromatic carbocycles. The van der Waals surface area contributed by atoms with Gasteiger partial charge < -0.3 is 5.73 Å². The van der Waals surface area contributed by atoms with Gasteiger partial charge in [0.05, 0.1) is 0 Å². The van der Waals surface area contributed by atoms with E-state index >= 15 is 0 Å². The van der Waals surface area contributed by atoms with Crippen LogP contribution in [0, 0.1) is 6.92 Å². The molecule has 0 unspecified atom stereocenters.